The van der Waals surface area contributed by atoms with E-state index in [1.54, 1.807) is 0 Å². The number of rotatable bonds is 10. The van der Waals surface area contributed by atoms with Gasteiger partial charge in [0.2, 0.25) is 5.91 Å². The van der Waals surface area contributed by atoms with Gasteiger partial charge in [0, 0.05) is 37.2 Å². The Balaban J connectivity index is 1.16. The minimum absolute atomic E-state index is 0.0275. The van der Waals surface area contributed by atoms with Gasteiger partial charge in [-0.1, -0.05) is 48.5 Å². The molecule has 1 aliphatic carbocycles. The molecular formula is C26H30N2O5S. The van der Waals surface area contributed by atoms with Crippen molar-refractivity contribution in [1.82, 2.24) is 10.2 Å². The minimum atomic E-state index is -0.826. The lowest BCUT2D eigenvalue weighted by Gasteiger charge is -2.24. The molecule has 34 heavy (non-hydrogen) atoms. The van der Waals surface area contributed by atoms with Crippen LogP contribution < -0.4 is 5.32 Å². The molecule has 0 spiro atoms. The lowest BCUT2D eigenvalue weighted by Crippen LogP contribution is -2.37. The summed E-state index contributed by atoms with van der Waals surface area (Å²) in [6.07, 6.45) is 1.93. The van der Waals surface area contributed by atoms with E-state index < -0.39 is 12.1 Å². The Morgan fingerprint density at radius 1 is 1.06 bits per heavy atom. The highest BCUT2D eigenvalue weighted by Crippen LogP contribution is 2.44. The SMILES string of the molecule is O=C(O)CCC1CCCN1C(=O)CSCCNC(=O)OCC1c2ccccc2-c2ccccc21. The summed E-state index contributed by atoms with van der Waals surface area (Å²) in [6.45, 7) is 1.39. The highest BCUT2D eigenvalue weighted by Gasteiger charge is 2.30. The Morgan fingerprint density at radius 2 is 1.74 bits per heavy atom. The average Bonchev–Trinajstić information content (AvgIpc) is 3.44. The number of alkyl carbamates (subject to hydrolysis) is 1. The summed E-state index contributed by atoms with van der Waals surface area (Å²) >= 11 is 1.46. The molecule has 2 aromatic rings. The van der Waals surface area contributed by atoms with E-state index in [1.165, 1.54) is 34.0 Å². The van der Waals surface area contributed by atoms with E-state index in [4.69, 9.17) is 9.84 Å². The number of carboxylic acids is 1. The average molecular weight is 483 g/mol. The zero-order valence-electron chi connectivity index (χ0n) is 19.1. The number of fused-ring (bicyclic) bond motifs is 3. The first-order valence-corrected chi connectivity index (χ1v) is 12.9. The predicted octanol–water partition coefficient (Wildman–Crippen LogP) is 4.11. The number of likely N-dealkylation sites (tertiary alicyclic amines) is 1. The minimum Gasteiger partial charge on any atom is -0.481 e. The van der Waals surface area contributed by atoms with Crippen LogP contribution in [0.15, 0.2) is 48.5 Å². The van der Waals surface area contributed by atoms with Gasteiger partial charge in [0.05, 0.1) is 5.75 Å². The topological polar surface area (TPSA) is 95.9 Å². The fourth-order valence-electron chi connectivity index (χ4n) is 4.87. The fourth-order valence-corrected chi connectivity index (χ4v) is 5.60. The third-order valence-corrected chi connectivity index (χ3v) is 7.42. The van der Waals surface area contributed by atoms with Gasteiger partial charge in [-0.3, -0.25) is 9.59 Å². The monoisotopic (exact) mass is 482 g/mol. The lowest BCUT2D eigenvalue weighted by molar-refractivity contribution is -0.138. The molecule has 4 rings (SSSR count). The summed E-state index contributed by atoms with van der Waals surface area (Å²) in [7, 11) is 0. The zero-order valence-corrected chi connectivity index (χ0v) is 19.9. The van der Waals surface area contributed by atoms with Crippen molar-refractivity contribution in [2.24, 2.45) is 0 Å². The maximum Gasteiger partial charge on any atom is 0.407 e. The number of thioether (sulfide) groups is 1. The van der Waals surface area contributed by atoms with Crippen molar-refractivity contribution < 1.29 is 24.2 Å². The second-order valence-electron chi connectivity index (χ2n) is 8.62. The zero-order chi connectivity index (χ0) is 23.9. The molecule has 2 amide bonds. The summed E-state index contributed by atoms with van der Waals surface area (Å²) in [4.78, 5) is 37.4. The number of ether oxygens (including phenoxy) is 1. The lowest BCUT2D eigenvalue weighted by atomic mass is 9.98. The van der Waals surface area contributed by atoms with Crippen LogP contribution in [0, 0.1) is 0 Å². The molecule has 0 aromatic heterocycles. The number of nitrogens with zero attached hydrogens (tertiary/aromatic N) is 1. The highest BCUT2D eigenvalue weighted by molar-refractivity contribution is 7.99. The maximum atomic E-state index is 12.5. The number of aliphatic carboxylic acids is 1. The van der Waals surface area contributed by atoms with Crippen molar-refractivity contribution in [3.8, 4) is 11.1 Å². The molecule has 2 aromatic carbocycles. The first-order chi connectivity index (χ1) is 16.5. The largest absolute Gasteiger partial charge is 0.481 e. The maximum absolute atomic E-state index is 12.5. The number of amides is 2. The predicted molar refractivity (Wildman–Crippen MR) is 132 cm³/mol. The third-order valence-electron chi connectivity index (χ3n) is 6.47. The summed E-state index contributed by atoms with van der Waals surface area (Å²) in [6, 6.07) is 16.5. The number of carboxylic acid groups (broad SMARTS) is 1. The number of hydrogen-bond donors (Lipinski definition) is 2. The van der Waals surface area contributed by atoms with E-state index in [0.717, 1.165) is 12.8 Å². The Bertz CT molecular complexity index is 998. The second-order valence-corrected chi connectivity index (χ2v) is 9.73. The molecule has 0 radical (unpaired) electrons. The first-order valence-electron chi connectivity index (χ1n) is 11.7. The van der Waals surface area contributed by atoms with Crippen LogP contribution >= 0.6 is 11.8 Å². The molecule has 1 unspecified atom stereocenters. The molecule has 1 aliphatic heterocycles. The van der Waals surface area contributed by atoms with Crippen molar-refractivity contribution in [1.29, 1.82) is 0 Å². The smallest absolute Gasteiger partial charge is 0.407 e. The fraction of sp³-hybridized carbons (Fsp3) is 0.423. The summed E-state index contributed by atoms with van der Waals surface area (Å²) in [5, 5.41) is 11.6. The quantitative estimate of drug-likeness (QED) is 0.495. The van der Waals surface area contributed by atoms with E-state index in [-0.39, 0.29) is 30.9 Å². The molecule has 1 fully saturated rings. The van der Waals surface area contributed by atoms with E-state index in [9.17, 15) is 14.4 Å². The molecule has 2 aliphatic rings. The van der Waals surface area contributed by atoms with Crippen molar-refractivity contribution >= 4 is 29.7 Å². The van der Waals surface area contributed by atoms with Crippen LogP contribution in [0.2, 0.25) is 0 Å². The second kappa shape index (κ2) is 11.4. The molecule has 1 heterocycles. The van der Waals surface area contributed by atoms with Crippen molar-refractivity contribution in [2.75, 3.05) is 31.2 Å². The standard InChI is InChI=1S/C26H30N2O5S/c29-24(28-14-5-6-18(28)11-12-25(30)31)17-34-15-13-27-26(32)33-16-23-21-9-3-1-7-19(21)20-8-2-4-10-22(20)23/h1-4,7-10,18,23H,5-6,11-17H2,(H,27,32)(H,30,31). The van der Waals surface area contributed by atoms with Crippen molar-refractivity contribution in [3.05, 3.63) is 59.7 Å². The van der Waals surface area contributed by atoms with Gasteiger partial charge < -0.3 is 20.1 Å². The van der Waals surface area contributed by atoms with Gasteiger partial charge in [-0.2, -0.15) is 11.8 Å². The van der Waals surface area contributed by atoms with Crippen molar-refractivity contribution in [3.63, 3.8) is 0 Å². The van der Waals surface area contributed by atoms with E-state index in [1.807, 2.05) is 29.2 Å². The number of carbonyl (C=O) groups excluding carboxylic acids is 2. The Hall–Kier alpha value is -3.00. The van der Waals surface area contributed by atoms with Crippen LogP contribution in [0.3, 0.4) is 0 Å². The molecule has 2 N–H and O–H groups in total. The van der Waals surface area contributed by atoms with Gasteiger partial charge in [-0.05, 0) is 41.5 Å². The van der Waals surface area contributed by atoms with Gasteiger partial charge in [-0.15, -0.1) is 0 Å². The van der Waals surface area contributed by atoms with Crippen LogP contribution in [0.4, 0.5) is 4.79 Å². The van der Waals surface area contributed by atoms with Crippen LogP contribution in [0.25, 0.3) is 11.1 Å². The Labute approximate surface area is 203 Å². The Morgan fingerprint density at radius 3 is 2.41 bits per heavy atom. The van der Waals surface area contributed by atoms with Crippen molar-refractivity contribution in [2.45, 2.75) is 37.6 Å². The van der Waals surface area contributed by atoms with E-state index >= 15 is 0 Å². The van der Waals surface area contributed by atoms with E-state index in [2.05, 4.69) is 29.6 Å². The summed E-state index contributed by atoms with van der Waals surface area (Å²) < 4.78 is 5.53. The van der Waals surface area contributed by atoms with Crippen LogP contribution in [-0.2, 0) is 14.3 Å². The number of benzene rings is 2. The number of carbonyl (C=O) groups is 3. The highest BCUT2D eigenvalue weighted by atomic mass is 32.2. The molecule has 1 saturated heterocycles. The van der Waals surface area contributed by atoms with Gasteiger partial charge in [0.1, 0.15) is 6.61 Å². The third kappa shape index (κ3) is 5.73. The first kappa shape index (κ1) is 24.1. The van der Waals surface area contributed by atoms with E-state index in [0.29, 0.717) is 31.0 Å². The van der Waals surface area contributed by atoms with Crippen LogP contribution in [0.5, 0.6) is 0 Å². The van der Waals surface area contributed by atoms with Gasteiger partial charge in [-0.25, -0.2) is 4.79 Å². The summed E-state index contributed by atoms with van der Waals surface area (Å²) in [5.74, 6) is 0.172. The summed E-state index contributed by atoms with van der Waals surface area (Å²) in [5.41, 5.74) is 4.73. The molecule has 180 valence electrons. The number of hydrogen-bond acceptors (Lipinski definition) is 5. The van der Waals surface area contributed by atoms with Gasteiger partial charge in [0.25, 0.3) is 0 Å². The normalized spacial score (nSPS) is 16.7. The molecular weight excluding hydrogens is 452 g/mol. The van der Waals surface area contributed by atoms with Gasteiger partial charge >= 0.3 is 12.1 Å². The molecule has 0 bridgehead atoms. The van der Waals surface area contributed by atoms with Crippen LogP contribution in [0.1, 0.15) is 42.7 Å². The molecule has 0 saturated carbocycles. The number of nitrogens with one attached hydrogen (secondary N) is 1. The molecule has 1 atom stereocenters. The molecule has 8 heteroatoms. The van der Waals surface area contributed by atoms with Gasteiger partial charge in [0.15, 0.2) is 0 Å². The molecule has 7 nitrogen and oxygen atoms in total. The van der Waals surface area contributed by atoms with Crippen LogP contribution in [-0.4, -0.2) is 65.2 Å². The Kier molecular flexibility index (Phi) is 8.11.